The topological polar surface area (TPSA) is 32.3 Å². The zero-order valence-corrected chi connectivity index (χ0v) is 11.4. The Balaban J connectivity index is 2.57. The first-order chi connectivity index (χ1) is 7.52. The van der Waals surface area contributed by atoms with E-state index in [-0.39, 0.29) is 5.91 Å². The molecule has 4 heteroatoms. The molecule has 0 bridgehead atoms. The minimum Gasteiger partial charge on any atom is -0.350 e. The Bertz CT molecular complexity index is 366. The molecular formula is C12H17BrN2O. The maximum absolute atomic E-state index is 11.8. The van der Waals surface area contributed by atoms with Crippen LogP contribution >= 0.6 is 15.9 Å². The molecule has 0 aliphatic carbocycles. The molecule has 88 valence electrons. The van der Waals surface area contributed by atoms with Gasteiger partial charge in [0.25, 0.3) is 5.91 Å². The van der Waals surface area contributed by atoms with Crippen LogP contribution < -0.4 is 5.32 Å². The second-order valence-corrected chi connectivity index (χ2v) is 4.86. The van der Waals surface area contributed by atoms with Gasteiger partial charge in [0.15, 0.2) is 0 Å². The number of likely N-dealkylation sites (N-methyl/N-ethyl adjacent to an activating group) is 1. The molecule has 1 amide bonds. The van der Waals surface area contributed by atoms with Crippen LogP contribution in [0.3, 0.4) is 0 Å². The Morgan fingerprint density at radius 2 is 2.06 bits per heavy atom. The third-order valence-electron chi connectivity index (χ3n) is 2.56. The lowest BCUT2D eigenvalue weighted by molar-refractivity contribution is 0.0943. The van der Waals surface area contributed by atoms with E-state index in [1.807, 2.05) is 32.3 Å². The molecule has 1 aromatic rings. The summed E-state index contributed by atoms with van der Waals surface area (Å²) in [6, 6.07) is 7.74. The minimum absolute atomic E-state index is 0.0406. The standard InChI is InChI=1S/C12H17BrN2O/c1-9(15(2)3)8-14-12(16)10-6-4-5-7-11(10)13/h4-7,9H,8H2,1-3H3,(H,14,16). The lowest BCUT2D eigenvalue weighted by atomic mass is 10.2. The van der Waals surface area contributed by atoms with E-state index in [2.05, 4.69) is 33.1 Å². The molecule has 0 spiro atoms. The number of hydrogen-bond donors (Lipinski definition) is 1. The van der Waals surface area contributed by atoms with Crippen LogP contribution in [0, 0.1) is 0 Å². The minimum atomic E-state index is -0.0406. The van der Waals surface area contributed by atoms with Crippen LogP contribution in [0.15, 0.2) is 28.7 Å². The summed E-state index contributed by atoms with van der Waals surface area (Å²) in [7, 11) is 3.99. The van der Waals surface area contributed by atoms with Crippen LogP contribution in [0.5, 0.6) is 0 Å². The van der Waals surface area contributed by atoms with Crippen LogP contribution in [0.25, 0.3) is 0 Å². The Morgan fingerprint density at radius 1 is 1.44 bits per heavy atom. The SMILES string of the molecule is CC(CNC(=O)c1ccccc1Br)N(C)C. The largest absolute Gasteiger partial charge is 0.350 e. The fourth-order valence-electron chi connectivity index (χ4n) is 1.16. The van der Waals surface area contributed by atoms with E-state index in [4.69, 9.17) is 0 Å². The number of hydrogen-bond acceptors (Lipinski definition) is 2. The number of carbonyl (C=O) groups is 1. The van der Waals surface area contributed by atoms with E-state index >= 15 is 0 Å². The summed E-state index contributed by atoms with van der Waals surface area (Å²) < 4.78 is 0.824. The van der Waals surface area contributed by atoms with Crippen molar-refractivity contribution in [2.75, 3.05) is 20.6 Å². The van der Waals surface area contributed by atoms with Gasteiger partial charge in [-0.05, 0) is 49.1 Å². The van der Waals surface area contributed by atoms with Crippen molar-refractivity contribution in [3.63, 3.8) is 0 Å². The molecule has 1 atom stereocenters. The van der Waals surface area contributed by atoms with Crippen molar-refractivity contribution in [1.29, 1.82) is 0 Å². The lowest BCUT2D eigenvalue weighted by Crippen LogP contribution is -2.38. The molecule has 0 aliphatic rings. The van der Waals surface area contributed by atoms with E-state index < -0.39 is 0 Å². The molecule has 3 nitrogen and oxygen atoms in total. The van der Waals surface area contributed by atoms with Crippen molar-refractivity contribution >= 4 is 21.8 Å². The predicted octanol–water partition coefficient (Wildman–Crippen LogP) is 2.13. The molecule has 0 radical (unpaired) electrons. The van der Waals surface area contributed by atoms with Crippen LogP contribution in [0.1, 0.15) is 17.3 Å². The quantitative estimate of drug-likeness (QED) is 0.919. The van der Waals surface area contributed by atoms with Gasteiger partial charge in [0.1, 0.15) is 0 Å². The summed E-state index contributed by atoms with van der Waals surface area (Å²) in [5, 5.41) is 2.91. The zero-order valence-electron chi connectivity index (χ0n) is 9.83. The van der Waals surface area contributed by atoms with Gasteiger partial charge >= 0.3 is 0 Å². The van der Waals surface area contributed by atoms with Gasteiger partial charge in [-0.15, -0.1) is 0 Å². The zero-order chi connectivity index (χ0) is 12.1. The molecule has 0 saturated heterocycles. The second kappa shape index (κ2) is 6.01. The molecule has 1 N–H and O–H groups in total. The van der Waals surface area contributed by atoms with Crippen molar-refractivity contribution < 1.29 is 4.79 Å². The van der Waals surface area contributed by atoms with Gasteiger partial charge in [-0.2, -0.15) is 0 Å². The monoisotopic (exact) mass is 284 g/mol. The highest BCUT2D eigenvalue weighted by Gasteiger charge is 2.10. The lowest BCUT2D eigenvalue weighted by Gasteiger charge is -2.20. The molecule has 1 unspecified atom stereocenters. The van der Waals surface area contributed by atoms with Crippen LogP contribution in [-0.2, 0) is 0 Å². The third-order valence-corrected chi connectivity index (χ3v) is 3.25. The highest BCUT2D eigenvalue weighted by Crippen LogP contribution is 2.15. The van der Waals surface area contributed by atoms with Crippen molar-refractivity contribution in [3.8, 4) is 0 Å². The first-order valence-corrected chi connectivity index (χ1v) is 6.01. The van der Waals surface area contributed by atoms with Gasteiger partial charge in [0.05, 0.1) is 5.56 Å². The van der Waals surface area contributed by atoms with E-state index in [9.17, 15) is 4.79 Å². The van der Waals surface area contributed by atoms with Crippen LogP contribution in [0.4, 0.5) is 0 Å². The van der Waals surface area contributed by atoms with Crippen LogP contribution in [-0.4, -0.2) is 37.5 Å². The fourth-order valence-corrected chi connectivity index (χ4v) is 1.63. The molecule has 1 aromatic carbocycles. The number of nitrogens with zero attached hydrogens (tertiary/aromatic N) is 1. The van der Waals surface area contributed by atoms with E-state index in [0.29, 0.717) is 18.2 Å². The summed E-state index contributed by atoms with van der Waals surface area (Å²) in [6.45, 7) is 2.72. The summed E-state index contributed by atoms with van der Waals surface area (Å²) in [6.07, 6.45) is 0. The number of benzene rings is 1. The number of rotatable bonds is 4. The Hall–Kier alpha value is -0.870. The molecular weight excluding hydrogens is 268 g/mol. The van der Waals surface area contributed by atoms with Gasteiger partial charge in [0.2, 0.25) is 0 Å². The van der Waals surface area contributed by atoms with Gasteiger partial charge in [0, 0.05) is 17.1 Å². The normalized spacial score (nSPS) is 12.6. The first kappa shape index (κ1) is 13.2. The summed E-state index contributed by atoms with van der Waals surface area (Å²) in [5.74, 6) is -0.0406. The fraction of sp³-hybridized carbons (Fsp3) is 0.417. The van der Waals surface area contributed by atoms with Gasteiger partial charge in [-0.25, -0.2) is 0 Å². The van der Waals surface area contributed by atoms with Gasteiger partial charge < -0.3 is 10.2 Å². The molecule has 0 saturated carbocycles. The third kappa shape index (κ3) is 3.61. The predicted molar refractivity (Wildman–Crippen MR) is 69.6 cm³/mol. The average molecular weight is 285 g/mol. The van der Waals surface area contributed by atoms with Crippen molar-refractivity contribution in [1.82, 2.24) is 10.2 Å². The molecule has 1 rings (SSSR count). The summed E-state index contributed by atoms with van der Waals surface area (Å²) in [4.78, 5) is 13.9. The highest BCUT2D eigenvalue weighted by molar-refractivity contribution is 9.10. The molecule has 0 heterocycles. The van der Waals surface area contributed by atoms with E-state index in [1.54, 1.807) is 6.07 Å². The Morgan fingerprint density at radius 3 is 2.62 bits per heavy atom. The molecule has 0 aliphatic heterocycles. The highest BCUT2D eigenvalue weighted by atomic mass is 79.9. The van der Waals surface area contributed by atoms with E-state index in [1.165, 1.54) is 0 Å². The van der Waals surface area contributed by atoms with Crippen LogP contribution in [0.2, 0.25) is 0 Å². The maximum atomic E-state index is 11.8. The number of nitrogens with one attached hydrogen (secondary N) is 1. The van der Waals surface area contributed by atoms with Crippen molar-refractivity contribution in [2.24, 2.45) is 0 Å². The van der Waals surface area contributed by atoms with Crippen molar-refractivity contribution in [3.05, 3.63) is 34.3 Å². The molecule has 16 heavy (non-hydrogen) atoms. The number of halogens is 1. The van der Waals surface area contributed by atoms with Gasteiger partial charge in [-0.3, -0.25) is 4.79 Å². The number of carbonyl (C=O) groups excluding carboxylic acids is 1. The smallest absolute Gasteiger partial charge is 0.252 e. The Labute approximate surface area is 105 Å². The Kier molecular flexibility index (Phi) is 4.96. The van der Waals surface area contributed by atoms with Crippen molar-refractivity contribution in [2.45, 2.75) is 13.0 Å². The summed E-state index contributed by atoms with van der Waals surface area (Å²) >= 11 is 3.36. The second-order valence-electron chi connectivity index (χ2n) is 4.00. The average Bonchev–Trinajstić information content (AvgIpc) is 2.25. The van der Waals surface area contributed by atoms with E-state index in [0.717, 1.165) is 4.47 Å². The summed E-state index contributed by atoms with van der Waals surface area (Å²) in [5.41, 5.74) is 0.674. The molecule has 0 fully saturated rings. The molecule has 0 aromatic heterocycles. The number of amides is 1. The maximum Gasteiger partial charge on any atom is 0.252 e. The van der Waals surface area contributed by atoms with Gasteiger partial charge in [-0.1, -0.05) is 12.1 Å². The first-order valence-electron chi connectivity index (χ1n) is 5.21.